The van der Waals surface area contributed by atoms with Crippen LogP contribution in [0, 0.1) is 0 Å². The number of hydrogen-bond donors (Lipinski definition) is 1. The summed E-state index contributed by atoms with van der Waals surface area (Å²) < 4.78 is 2.27. The van der Waals surface area contributed by atoms with Crippen LogP contribution in [0.25, 0.3) is 11.0 Å². The summed E-state index contributed by atoms with van der Waals surface area (Å²) in [5.41, 5.74) is 1.04. The molecule has 0 atom stereocenters. The first-order valence-electron chi connectivity index (χ1n) is 9.33. The standard InChI is InChI=1S/C19H25N5O2/c1-22-11-12-23(19(22)26)13-17(25)21-15-4-6-16(7-5-15)24-10-8-14-3-2-9-20-18(14)24/h2-3,8-10,15-16H,4-7,11-13H2,1H3,(H,21,25). The summed E-state index contributed by atoms with van der Waals surface area (Å²) in [6.45, 7) is 1.48. The van der Waals surface area contributed by atoms with Gasteiger partial charge >= 0.3 is 6.03 Å². The number of hydrogen-bond acceptors (Lipinski definition) is 3. The quantitative estimate of drug-likeness (QED) is 0.912. The Labute approximate surface area is 153 Å². The molecule has 7 nitrogen and oxygen atoms in total. The highest BCUT2D eigenvalue weighted by atomic mass is 16.2. The molecule has 7 heteroatoms. The second-order valence-electron chi connectivity index (χ2n) is 7.34. The van der Waals surface area contributed by atoms with Gasteiger partial charge in [0.05, 0.1) is 0 Å². The Morgan fingerprint density at radius 2 is 2.04 bits per heavy atom. The number of urea groups is 1. The van der Waals surface area contributed by atoms with Gasteiger partial charge in [-0.3, -0.25) is 4.79 Å². The van der Waals surface area contributed by atoms with Crippen LogP contribution in [-0.2, 0) is 4.79 Å². The topological polar surface area (TPSA) is 70.5 Å². The van der Waals surface area contributed by atoms with Gasteiger partial charge in [0.25, 0.3) is 0 Å². The Bertz CT molecular complexity index is 809. The zero-order valence-electron chi connectivity index (χ0n) is 15.1. The van der Waals surface area contributed by atoms with Crippen LogP contribution in [0.3, 0.4) is 0 Å². The van der Waals surface area contributed by atoms with Crippen molar-refractivity contribution in [3.63, 3.8) is 0 Å². The zero-order chi connectivity index (χ0) is 18.1. The van der Waals surface area contributed by atoms with E-state index in [1.165, 1.54) is 5.39 Å². The largest absolute Gasteiger partial charge is 0.352 e. The third-order valence-electron chi connectivity index (χ3n) is 5.57. The molecule has 1 saturated heterocycles. The van der Waals surface area contributed by atoms with Crippen LogP contribution in [0.4, 0.5) is 4.79 Å². The normalized spacial score (nSPS) is 23.7. The molecule has 3 heterocycles. The molecule has 1 saturated carbocycles. The molecule has 0 aromatic carbocycles. The summed E-state index contributed by atoms with van der Waals surface area (Å²) in [7, 11) is 1.77. The first kappa shape index (κ1) is 16.9. The molecule has 2 aliphatic rings. The highest BCUT2D eigenvalue weighted by Crippen LogP contribution is 2.31. The average molecular weight is 355 g/mol. The maximum atomic E-state index is 12.3. The molecule has 2 aromatic rings. The molecule has 3 amide bonds. The van der Waals surface area contributed by atoms with E-state index in [-0.39, 0.29) is 24.5 Å². The molecule has 0 radical (unpaired) electrons. The number of aromatic nitrogens is 2. The van der Waals surface area contributed by atoms with Crippen molar-refractivity contribution >= 4 is 23.0 Å². The minimum absolute atomic E-state index is 0.0508. The van der Waals surface area contributed by atoms with Gasteiger partial charge in [-0.05, 0) is 43.9 Å². The number of likely N-dealkylation sites (N-methyl/N-ethyl adjacent to an activating group) is 1. The summed E-state index contributed by atoms with van der Waals surface area (Å²) in [5, 5.41) is 4.28. The first-order valence-corrected chi connectivity index (χ1v) is 9.33. The average Bonchev–Trinajstić information content (AvgIpc) is 3.21. The Balaban J connectivity index is 1.30. The number of pyridine rings is 1. The Morgan fingerprint density at radius 3 is 2.77 bits per heavy atom. The fourth-order valence-corrected chi connectivity index (χ4v) is 4.08. The van der Waals surface area contributed by atoms with Crippen molar-refractivity contribution < 1.29 is 9.59 Å². The summed E-state index contributed by atoms with van der Waals surface area (Å²) in [6, 6.07) is 6.73. The Kier molecular flexibility index (Phi) is 4.53. The monoisotopic (exact) mass is 355 g/mol. The number of carbonyl (C=O) groups excluding carboxylic acids is 2. The maximum absolute atomic E-state index is 12.3. The van der Waals surface area contributed by atoms with Gasteiger partial charge in [-0.25, -0.2) is 9.78 Å². The number of fused-ring (bicyclic) bond motifs is 1. The van der Waals surface area contributed by atoms with Gasteiger partial charge in [-0.15, -0.1) is 0 Å². The number of amides is 3. The van der Waals surface area contributed by atoms with Gasteiger partial charge in [0.2, 0.25) is 5.91 Å². The molecule has 4 rings (SSSR count). The van der Waals surface area contributed by atoms with Gasteiger partial charge in [0.1, 0.15) is 12.2 Å². The maximum Gasteiger partial charge on any atom is 0.320 e. The van der Waals surface area contributed by atoms with Crippen LogP contribution in [0.15, 0.2) is 30.6 Å². The van der Waals surface area contributed by atoms with Crippen LogP contribution < -0.4 is 5.32 Å². The second-order valence-corrected chi connectivity index (χ2v) is 7.34. The Hall–Kier alpha value is -2.57. The van der Waals surface area contributed by atoms with Crippen molar-refractivity contribution in [3.8, 4) is 0 Å². The third-order valence-corrected chi connectivity index (χ3v) is 5.57. The van der Waals surface area contributed by atoms with E-state index in [0.717, 1.165) is 31.3 Å². The third kappa shape index (κ3) is 3.25. The van der Waals surface area contributed by atoms with E-state index in [4.69, 9.17) is 0 Å². The van der Waals surface area contributed by atoms with Gasteiger partial charge in [-0.1, -0.05) is 0 Å². The van der Waals surface area contributed by atoms with Crippen LogP contribution >= 0.6 is 0 Å². The second kappa shape index (κ2) is 6.97. The lowest BCUT2D eigenvalue weighted by molar-refractivity contribution is -0.122. The van der Waals surface area contributed by atoms with Crippen LogP contribution in [-0.4, -0.2) is 64.0 Å². The number of rotatable bonds is 4. The predicted molar refractivity (Wildman–Crippen MR) is 98.8 cm³/mol. The summed E-state index contributed by atoms with van der Waals surface area (Å²) >= 11 is 0. The van der Waals surface area contributed by atoms with Crippen molar-refractivity contribution in [1.82, 2.24) is 24.7 Å². The molecular formula is C19H25N5O2. The van der Waals surface area contributed by atoms with Gasteiger partial charge in [0.15, 0.2) is 0 Å². The van der Waals surface area contributed by atoms with E-state index in [9.17, 15) is 9.59 Å². The smallest absolute Gasteiger partial charge is 0.320 e. The van der Waals surface area contributed by atoms with Gasteiger partial charge in [0, 0.05) is 50.0 Å². The summed E-state index contributed by atoms with van der Waals surface area (Å²) in [5.74, 6) is -0.0508. The van der Waals surface area contributed by atoms with Crippen molar-refractivity contribution in [1.29, 1.82) is 0 Å². The molecule has 0 unspecified atom stereocenters. The van der Waals surface area contributed by atoms with Crippen LogP contribution in [0.2, 0.25) is 0 Å². The molecule has 0 spiro atoms. The zero-order valence-corrected chi connectivity index (χ0v) is 15.1. The molecule has 1 N–H and O–H groups in total. The minimum atomic E-state index is -0.0594. The first-order chi connectivity index (χ1) is 12.6. The van der Waals surface area contributed by atoms with E-state index in [0.29, 0.717) is 19.1 Å². The molecule has 2 fully saturated rings. The van der Waals surface area contributed by atoms with E-state index < -0.39 is 0 Å². The van der Waals surface area contributed by atoms with Crippen molar-refractivity contribution in [2.24, 2.45) is 0 Å². The van der Waals surface area contributed by atoms with E-state index >= 15 is 0 Å². The van der Waals surface area contributed by atoms with E-state index in [1.807, 2.05) is 12.3 Å². The lowest BCUT2D eigenvalue weighted by Gasteiger charge is -2.30. The predicted octanol–water partition coefficient (Wildman–Crippen LogP) is 2.00. The summed E-state index contributed by atoms with van der Waals surface area (Å²) in [6.07, 6.45) is 7.92. The molecular weight excluding hydrogens is 330 g/mol. The lowest BCUT2D eigenvalue weighted by Crippen LogP contribution is -2.44. The molecule has 138 valence electrons. The highest BCUT2D eigenvalue weighted by Gasteiger charge is 2.29. The molecule has 0 bridgehead atoms. The number of carbonyl (C=O) groups is 2. The minimum Gasteiger partial charge on any atom is -0.352 e. The van der Waals surface area contributed by atoms with Crippen molar-refractivity contribution in [3.05, 3.63) is 30.6 Å². The van der Waals surface area contributed by atoms with E-state index in [1.54, 1.807) is 16.8 Å². The van der Waals surface area contributed by atoms with Crippen LogP contribution in [0.5, 0.6) is 0 Å². The molecule has 1 aliphatic heterocycles. The molecule has 26 heavy (non-hydrogen) atoms. The van der Waals surface area contributed by atoms with Crippen LogP contribution in [0.1, 0.15) is 31.7 Å². The molecule has 2 aromatic heterocycles. The van der Waals surface area contributed by atoms with Gasteiger partial charge in [-0.2, -0.15) is 0 Å². The van der Waals surface area contributed by atoms with E-state index in [2.05, 4.69) is 33.2 Å². The Morgan fingerprint density at radius 1 is 1.23 bits per heavy atom. The van der Waals surface area contributed by atoms with Crippen molar-refractivity contribution in [2.45, 2.75) is 37.8 Å². The fourth-order valence-electron chi connectivity index (χ4n) is 4.08. The van der Waals surface area contributed by atoms with Crippen molar-refractivity contribution in [2.75, 3.05) is 26.7 Å². The lowest BCUT2D eigenvalue weighted by atomic mass is 9.91. The summed E-state index contributed by atoms with van der Waals surface area (Å²) in [4.78, 5) is 31.9. The molecule has 1 aliphatic carbocycles. The van der Waals surface area contributed by atoms with Gasteiger partial charge < -0.3 is 19.7 Å². The fraction of sp³-hybridized carbons (Fsp3) is 0.526. The number of nitrogens with zero attached hydrogens (tertiary/aromatic N) is 4. The number of nitrogens with one attached hydrogen (secondary N) is 1. The SMILES string of the molecule is CN1CCN(CC(=O)NC2CCC(n3ccc4cccnc43)CC2)C1=O. The highest BCUT2D eigenvalue weighted by molar-refractivity contribution is 5.85.